The van der Waals surface area contributed by atoms with Crippen molar-refractivity contribution < 1.29 is 18.0 Å². The van der Waals surface area contributed by atoms with Gasteiger partial charge in [0.15, 0.2) is 0 Å². The first-order valence-electron chi connectivity index (χ1n) is 8.68. The molecular weight excluding hydrogens is 381 g/mol. The van der Waals surface area contributed by atoms with Gasteiger partial charge in [-0.1, -0.05) is 30.3 Å². The lowest BCUT2D eigenvalue weighted by Crippen LogP contribution is -2.19. The molecule has 146 valence electrons. The molecule has 3 N–H and O–H groups in total. The van der Waals surface area contributed by atoms with Gasteiger partial charge in [-0.05, 0) is 30.3 Å². The molecule has 0 saturated carbocycles. The van der Waals surface area contributed by atoms with Crippen LogP contribution in [0.1, 0.15) is 5.56 Å². The van der Waals surface area contributed by atoms with Gasteiger partial charge in [0, 0.05) is 22.8 Å². The molecule has 2 amide bonds. The van der Waals surface area contributed by atoms with Crippen LogP contribution in [0.3, 0.4) is 0 Å². The van der Waals surface area contributed by atoms with E-state index in [0.29, 0.717) is 5.69 Å². The van der Waals surface area contributed by atoms with Crippen molar-refractivity contribution in [1.82, 2.24) is 9.97 Å². The average molecular weight is 396 g/mol. The Morgan fingerprint density at radius 3 is 2.38 bits per heavy atom. The maximum atomic E-state index is 12.6. The molecule has 0 atom stereocenters. The van der Waals surface area contributed by atoms with Gasteiger partial charge < -0.3 is 15.6 Å². The minimum atomic E-state index is -4.42. The standard InChI is InChI=1S/C21H15F3N4O/c22-21(23,24)14-6-8-15(9-7-14)27-20(29)28-19-12-26-18-11-25-17(10-16(18)19)13-4-2-1-3-5-13/h1-12,26H,(H2,27,28,29). The second kappa shape index (κ2) is 7.31. The molecular formula is C21H15F3N4O. The Morgan fingerprint density at radius 1 is 0.966 bits per heavy atom. The summed E-state index contributed by atoms with van der Waals surface area (Å²) in [5.41, 5.74) is 2.45. The number of aromatic nitrogens is 2. The van der Waals surface area contributed by atoms with Crippen LogP contribution >= 0.6 is 0 Å². The van der Waals surface area contributed by atoms with Crippen molar-refractivity contribution in [3.63, 3.8) is 0 Å². The number of halogens is 3. The van der Waals surface area contributed by atoms with E-state index in [0.717, 1.165) is 34.3 Å². The number of alkyl halides is 3. The summed E-state index contributed by atoms with van der Waals surface area (Å²) < 4.78 is 37.9. The van der Waals surface area contributed by atoms with E-state index in [1.807, 2.05) is 36.4 Å². The van der Waals surface area contributed by atoms with Crippen LogP contribution in [0.4, 0.5) is 29.3 Å². The molecule has 0 aliphatic carbocycles. The van der Waals surface area contributed by atoms with E-state index in [1.165, 1.54) is 12.1 Å². The van der Waals surface area contributed by atoms with Crippen molar-refractivity contribution in [3.05, 3.63) is 78.6 Å². The summed E-state index contributed by atoms with van der Waals surface area (Å²) in [4.78, 5) is 19.7. The minimum absolute atomic E-state index is 0.252. The first kappa shape index (κ1) is 18.5. The average Bonchev–Trinajstić information content (AvgIpc) is 3.10. The number of amides is 2. The van der Waals surface area contributed by atoms with Gasteiger partial charge in [0.1, 0.15) is 0 Å². The predicted molar refractivity (Wildman–Crippen MR) is 106 cm³/mol. The molecule has 0 spiro atoms. The summed E-state index contributed by atoms with van der Waals surface area (Å²) >= 11 is 0. The third-order valence-electron chi connectivity index (χ3n) is 4.35. The van der Waals surface area contributed by atoms with Crippen molar-refractivity contribution in [2.45, 2.75) is 6.18 Å². The summed E-state index contributed by atoms with van der Waals surface area (Å²) in [6, 6.07) is 15.1. The molecule has 2 heterocycles. The Bertz CT molecular complexity index is 1150. The number of hydrogen-bond acceptors (Lipinski definition) is 2. The van der Waals surface area contributed by atoms with E-state index in [4.69, 9.17) is 0 Å². The largest absolute Gasteiger partial charge is 0.416 e. The van der Waals surface area contributed by atoms with Gasteiger partial charge in [-0.3, -0.25) is 4.98 Å². The third kappa shape index (κ3) is 4.06. The normalized spacial score (nSPS) is 11.4. The van der Waals surface area contributed by atoms with E-state index in [1.54, 1.807) is 12.4 Å². The number of aromatic amines is 1. The lowest BCUT2D eigenvalue weighted by Gasteiger charge is -2.09. The third-order valence-corrected chi connectivity index (χ3v) is 4.35. The van der Waals surface area contributed by atoms with Gasteiger partial charge >= 0.3 is 12.2 Å². The van der Waals surface area contributed by atoms with Crippen LogP contribution in [0.25, 0.3) is 22.2 Å². The number of nitrogens with zero attached hydrogens (tertiary/aromatic N) is 1. The van der Waals surface area contributed by atoms with Crippen LogP contribution in [0.15, 0.2) is 73.1 Å². The fraction of sp³-hybridized carbons (Fsp3) is 0.0476. The second-order valence-electron chi connectivity index (χ2n) is 6.34. The molecule has 4 rings (SSSR count). The number of rotatable bonds is 3. The number of urea groups is 1. The van der Waals surface area contributed by atoms with Gasteiger partial charge in [0.05, 0.1) is 28.7 Å². The first-order chi connectivity index (χ1) is 13.9. The zero-order chi connectivity index (χ0) is 20.4. The molecule has 0 aliphatic heterocycles. The predicted octanol–water partition coefficient (Wildman–Crippen LogP) is 5.89. The van der Waals surface area contributed by atoms with Gasteiger partial charge in [-0.25, -0.2) is 4.79 Å². The van der Waals surface area contributed by atoms with Crippen molar-refractivity contribution in [1.29, 1.82) is 0 Å². The van der Waals surface area contributed by atoms with Crippen molar-refractivity contribution in [2.24, 2.45) is 0 Å². The van der Waals surface area contributed by atoms with Crippen LogP contribution in [0.2, 0.25) is 0 Å². The molecule has 8 heteroatoms. The summed E-state index contributed by atoms with van der Waals surface area (Å²) in [5.74, 6) is 0. The molecule has 0 unspecified atom stereocenters. The number of carbonyl (C=O) groups is 1. The zero-order valence-corrected chi connectivity index (χ0v) is 14.9. The molecule has 0 saturated heterocycles. The van der Waals surface area contributed by atoms with Gasteiger partial charge in [0.2, 0.25) is 0 Å². The zero-order valence-electron chi connectivity index (χ0n) is 14.9. The number of nitrogens with one attached hydrogen (secondary N) is 3. The quantitative estimate of drug-likeness (QED) is 0.404. The van der Waals surface area contributed by atoms with Crippen molar-refractivity contribution in [3.8, 4) is 11.3 Å². The molecule has 29 heavy (non-hydrogen) atoms. The SMILES string of the molecule is O=C(Nc1ccc(C(F)(F)F)cc1)Nc1c[nH]c2cnc(-c3ccccc3)cc12. The molecule has 0 aliphatic rings. The van der Waals surface area contributed by atoms with Crippen molar-refractivity contribution >= 4 is 28.3 Å². The van der Waals surface area contributed by atoms with Crippen LogP contribution in [0, 0.1) is 0 Å². The summed E-state index contributed by atoms with van der Waals surface area (Å²) in [7, 11) is 0. The van der Waals surface area contributed by atoms with E-state index >= 15 is 0 Å². The molecule has 2 aromatic heterocycles. The summed E-state index contributed by atoms with van der Waals surface area (Å²) in [6.45, 7) is 0. The monoisotopic (exact) mass is 396 g/mol. The van der Waals surface area contributed by atoms with Gasteiger partial charge in [0.25, 0.3) is 0 Å². The number of pyridine rings is 1. The number of hydrogen-bond donors (Lipinski definition) is 3. The maximum Gasteiger partial charge on any atom is 0.416 e. The summed E-state index contributed by atoms with van der Waals surface area (Å²) in [5, 5.41) is 5.99. The van der Waals surface area contributed by atoms with Crippen LogP contribution < -0.4 is 10.6 Å². The van der Waals surface area contributed by atoms with Crippen molar-refractivity contribution in [2.75, 3.05) is 10.6 Å². The molecule has 4 aromatic rings. The van der Waals surface area contributed by atoms with Crippen LogP contribution in [-0.4, -0.2) is 16.0 Å². The second-order valence-corrected chi connectivity index (χ2v) is 6.34. The molecule has 0 fully saturated rings. The number of carbonyl (C=O) groups excluding carboxylic acids is 1. The fourth-order valence-corrected chi connectivity index (χ4v) is 2.92. The van der Waals surface area contributed by atoms with Gasteiger partial charge in [-0.15, -0.1) is 0 Å². The molecule has 0 radical (unpaired) electrons. The van der Waals surface area contributed by atoms with E-state index in [2.05, 4.69) is 20.6 Å². The number of fused-ring (bicyclic) bond motifs is 1. The summed E-state index contributed by atoms with van der Waals surface area (Å²) in [6.07, 6.45) is -1.11. The topological polar surface area (TPSA) is 69.8 Å². The Kier molecular flexibility index (Phi) is 4.67. The smallest absolute Gasteiger partial charge is 0.358 e. The number of H-pyrrole nitrogens is 1. The maximum absolute atomic E-state index is 12.6. The van der Waals surface area contributed by atoms with Gasteiger partial charge in [-0.2, -0.15) is 13.2 Å². The Labute approximate surface area is 163 Å². The first-order valence-corrected chi connectivity index (χ1v) is 8.68. The molecule has 2 aromatic carbocycles. The fourth-order valence-electron chi connectivity index (χ4n) is 2.92. The lowest BCUT2D eigenvalue weighted by atomic mass is 10.1. The van der Waals surface area contributed by atoms with Crippen LogP contribution in [0.5, 0.6) is 0 Å². The Balaban J connectivity index is 1.52. The highest BCUT2D eigenvalue weighted by molar-refractivity contribution is 6.06. The number of benzene rings is 2. The lowest BCUT2D eigenvalue weighted by molar-refractivity contribution is -0.137. The Morgan fingerprint density at radius 2 is 1.69 bits per heavy atom. The molecule has 5 nitrogen and oxygen atoms in total. The highest BCUT2D eigenvalue weighted by Crippen LogP contribution is 2.30. The van der Waals surface area contributed by atoms with E-state index in [-0.39, 0.29) is 5.69 Å². The van der Waals surface area contributed by atoms with E-state index < -0.39 is 17.8 Å². The Hall–Kier alpha value is -3.81. The molecule has 0 bridgehead atoms. The minimum Gasteiger partial charge on any atom is -0.358 e. The van der Waals surface area contributed by atoms with Crippen LogP contribution in [-0.2, 0) is 6.18 Å². The van der Waals surface area contributed by atoms with E-state index in [9.17, 15) is 18.0 Å². The number of anilines is 2. The highest BCUT2D eigenvalue weighted by Gasteiger charge is 2.30. The highest BCUT2D eigenvalue weighted by atomic mass is 19.4.